The van der Waals surface area contributed by atoms with Gasteiger partial charge in [0.05, 0.1) is 0 Å². The molecule has 0 atom stereocenters. The molecule has 0 rings (SSSR count). The van der Waals surface area contributed by atoms with E-state index in [0.717, 1.165) is 0 Å². The molecule has 0 spiro atoms. The van der Waals surface area contributed by atoms with Crippen molar-refractivity contribution < 1.29 is 140 Å². The molecule has 0 fully saturated rings. The van der Waals surface area contributed by atoms with Crippen LogP contribution in [0.3, 0.4) is 0 Å². The molecule has 0 aliphatic carbocycles. The van der Waals surface area contributed by atoms with Crippen LogP contribution in [-0.4, -0.2) is 0 Å². The molecule has 0 saturated carbocycles. The second-order valence-electron chi connectivity index (χ2n) is 0. The molecule has 0 bridgehead atoms. The van der Waals surface area contributed by atoms with Crippen LogP contribution < -0.4 is 0 Å². The average Bonchev–Trinajstić information content (AvgIpc) is 0. The number of rotatable bonds is 0. The van der Waals surface area contributed by atoms with Gasteiger partial charge in [-0.1, -0.05) is 0 Å². The molecule has 0 saturated heterocycles. The Morgan fingerprint density at radius 3 is 1.00 bits per heavy atom. The van der Waals surface area contributed by atoms with Crippen LogP contribution >= 0.6 is 0 Å². The van der Waals surface area contributed by atoms with Crippen molar-refractivity contribution in [1.82, 2.24) is 0 Å². The van der Waals surface area contributed by atoms with E-state index in [-0.39, 0.29) is 140 Å². The third-order valence-electron chi connectivity index (χ3n) is 0. The summed E-state index contributed by atoms with van der Waals surface area (Å²) in [5.74, 6) is 0. The van der Waals surface area contributed by atoms with E-state index in [1.54, 1.807) is 0 Å². The van der Waals surface area contributed by atoms with Crippen LogP contribution in [0.25, 0.3) is 0 Å². The van der Waals surface area contributed by atoms with E-state index in [1.807, 2.05) is 0 Å². The van der Waals surface area contributed by atoms with Crippen LogP contribution in [0.1, 0.15) is 0 Å². The van der Waals surface area contributed by atoms with Gasteiger partial charge in [0.2, 0.25) is 0 Å². The molecule has 0 N–H and O–H groups in total. The summed E-state index contributed by atoms with van der Waals surface area (Å²) >= 11 is 0. The van der Waals surface area contributed by atoms with Gasteiger partial charge in [-0.2, -0.15) is 0 Å². The van der Waals surface area contributed by atoms with Gasteiger partial charge in [0.25, 0.3) is 0 Å². The zero-order valence-corrected chi connectivity index (χ0v) is 15.0. The molecular weight excluding hydrogens is 614 g/mol. The summed E-state index contributed by atoms with van der Waals surface area (Å²) in [7, 11) is 0. The van der Waals surface area contributed by atoms with Gasteiger partial charge in [0.15, 0.2) is 0 Å². The van der Waals surface area contributed by atoms with E-state index in [0.29, 0.717) is 0 Å². The maximum Gasteiger partial charge on any atom is 0 e. The second-order valence-corrected chi connectivity index (χ2v) is 0. The van der Waals surface area contributed by atoms with E-state index in [9.17, 15) is 0 Å². The fraction of sp³-hybridized carbons (Fsp3) is 0. The summed E-state index contributed by atoms with van der Waals surface area (Å²) in [6.07, 6.45) is 0. The summed E-state index contributed by atoms with van der Waals surface area (Å²) in [4.78, 5) is 0. The molecule has 0 aromatic rings. The van der Waals surface area contributed by atoms with Crippen molar-refractivity contribution in [2.45, 2.75) is 0 Å². The Morgan fingerprint density at radius 1 is 1.00 bits per heavy atom. The van der Waals surface area contributed by atoms with Crippen molar-refractivity contribution in [3.05, 3.63) is 0 Å². The largest absolute Gasteiger partial charge is 0 e. The van der Waals surface area contributed by atoms with E-state index in [4.69, 9.17) is 0 Å². The van der Waals surface area contributed by atoms with Crippen LogP contribution in [0.4, 0.5) is 0 Å². The maximum absolute atomic E-state index is 0. The van der Waals surface area contributed by atoms with E-state index in [1.165, 1.54) is 0 Å². The molecule has 0 aromatic carbocycles. The molecule has 16 valence electrons. The molecule has 0 unspecified atom stereocenters. The Hall–Kier alpha value is 4.66. The van der Waals surface area contributed by atoms with E-state index in [2.05, 4.69) is 0 Å². The van der Waals surface area contributed by atoms with Gasteiger partial charge in [-0.25, -0.2) is 0 Å². The Morgan fingerprint density at radius 2 is 1.00 bits per heavy atom. The fourth-order valence-corrected chi connectivity index (χ4v) is 0. The molecule has 4 heteroatoms. The summed E-state index contributed by atoms with van der Waals surface area (Å²) in [6.45, 7) is 0. The van der Waals surface area contributed by atoms with Crippen molar-refractivity contribution in [3.63, 3.8) is 0 Å². The normalized spacial score (nSPS) is 0. The quantitative estimate of drug-likeness (QED) is 0.361. The number of hydrogen-bond acceptors (Lipinski definition) is 0. The van der Waals surface area contributed by atoms with Gasteiger partial charge in [0.1, 0.15) is 0 Å². The van der Waals surface area contributed by atoms with Crippen LogP contribution in [0.5, 0.6) is 0 Å². The first-order valence-electron chi connectivity index (χ1n) is 0. The van der Waals surface area contributed by atoms with E-state index < -0.39 is 0 Å². The predicted molar refractivity (Wildman–Crippen MR) is 0 cm³/mol. The summed E-state index contributed by atoms with van der Waals surface area (Å²) in [6, 6.07) is 0. The first-order valence-corrected chi connectivity index (χ1v) is 0. The van der Waals surface area contributed by atoms with Gasteiger partial charge in [-0.3, -0.25) is 0 Å². The minimum absolute atomic E-state index is 0. The first-order chi connectivity index (χ1) is 0. The third-order valence-corrected chi connectivity index (χ3v) is 0. The Bertz CT molecular complexity index is 8.00. The maximum atomic E-state index is 0. The minimum Gasteiger partial charge on any atom is 0 e. The molecule has 0 nitrogen and oxygen atoms in total. The first kappa shape index (κ1) is 23.4. The Kier molecular flexibility index (Phi) is 91.5. The van der Waals surface area contributed by atoms with Gasteiger partial charge >= 0.3 is 0 Å². The van der Waals surface area contributed by atoms with Crippen molar-refractivity contribution in [2.24, 2.45) is 0 Å². The minimum atomic E-state index is 0. The predicted octanol–water partition coefficient (Wildman–Crippen LogP) is -0.00250. The Balaban J connectivity index is 0. The van der Waals surface area contributed by atoms with Crippen LogP contribution in [0, 0.1) is 114 Å². The van der Waals surface area contributed by atoms with Crippen LogP contribution in [-0.2, 0) is 26.2 Å². The molecule has 0 heterocycles. The van der Waals surface area contributed by atoms with Gasteiger partial charge in [-0.05, 0) is 0 Å². The molecule has 0 amide bonds. The van der Waals surface area contributed by atoms with Crippen molar-refractivity contribution >= 4 is 0 Å². The zero-order chi connectivity index (χ0) is 0. The molecular formula is CeNdUZr. The smallest absolute Gasteiger partial charge is 0 e. The SMILES string of the molecule is [Ce].[Nd].[U].[Zr]. The van der Waals surface area contributed by atoms with Crippen LogP contribution in [0.15, 0.2) is 0 Å². The summed E-state index contributed by atoms with van der Waals surface area (Å²) in [5, 5.41) is 0. The summed E-state index contributed by atoms with van der Waals surface area (Å²) < 4.78 is 0. The van der Waals surface area contributed by atoms with Gasteiger partial charge < -0.3 is 0 Å². The third kappa shape index (κ3) is 9.83. The number of hydrogen-bond donors (Lipinski definition) is 0. The van der Waals surface area contributed by atoms with Gasteiger partial charge in [0, 0.05) is 140 Å². The van der Waals surface area contributed by atoms with Gasteiger partial charge in [-0.15, -0.1) is 0 Å². The van der Waals surface area contributed by atoms with Crippen molar-refractivity contribution in [3.8, 4) is 0 Å². The van der Waals surface area contributed by atoms with Crippen molar-refractivity contribution in [2.75, 3.05) is 0 Å². The molecule has 0 radical (unpaired) electrons. The molecule has 0 aliphatic rings. The summed E-state index contributed by atoms with van der Waals surface area (Å²) in [5.41, 5.74) is 0. The molecule has 0 aliphatic heterocycles. The van der Waals surface area contributed by atoms with E-state index >= 15 is 0 Å². The average molecular weight is 614 g/mol. The topological polar surface area (TPSA) is 0 Å². The molecule has 0 aromatic heterocycles. The zero-order valence-electron chi connectivity index (χ0n) is 2.00. The Labute approximate surface area is 135 Å². The standard InChI is InChI=1S/Ce.Nd.U.Zr. The second kappa shape index (κ2) is 15.6. The van der Waals surface area contributed by atoms with Crippen molar-refractivity contribution in [1.29, 1.82) is 0 Å². The monoisotopic (exact) mass is 610 g/mol. The fourth-order valence-electron chi connectivity index (χ4n) is 0. The molecule has 4 heavy (non-hydrogen) atoms. The van der Waals surface area contributed by atoms with Crippen LogP contribution in [0.2, 0.25) is 0 Å².